The first-order valence-corrected chi connectivity index (χ1v) is 6.38. The molecule has 3 N–H and O–H groups in total. The van der Waals surface area contributed by atoms with Crippen LogP contribution < -0.4 is 5.73 Å². The number of fused-ring (bicyclic) bond motifs is 1. The summed E-state index contributed by atoms with van der Waals surface area (Å²) in [5.74, 6) is 0.519. The molecule has 1 aliphatic rings. The minimum atomic E-state index is 0.127. The van der Waals surface area contributed by atoms with Gasteiger partial charge in [-0.3, -0.25) is 0 Å². The third-order valence-corrected chi connectivity index (χ3v) is 3.80. The van der Waals surface area contributed by atoms with Gasteiger partial charge in [0.1, 0.15) is 5.75 Å². The smallest absolute Gasteiger partial charge is 0.115 e. The van der Waals surface area contributed by atoms with Crippen molar-refractivity contribution in [1.82, 2.24) is 0 Å². The summed E-state index contributed by atoms with van der Waals surface area (Å²) in [5, 5.41) is 9.70. The zero-order valence-electron chi connectivity index (χ0n) is 10.2. The van der Waals surface area contributed by atoms with E-state index in [1.54, 1.807) is 6.07 Å². The van der Waals surface area contributed by atoms with Gasteiger partial charge in [-0.2, -0.15) is 0 Å². The van der Waals surface area contributed by atoms with Crippen LogP contribution in [0.2, 0.25) is 0 Å². The standard InChI is InChI=1S/C16H17NO/c17-15-9-7-11-6-8-13(18)10-14(11)16(15)12-4-2-1-3-5-12/h1-6,8,10,15-16,18H,7,9,17H2/t15-,16-/m1/s1. The van der Waals surface area contributed by atoms with Gasteiger partial charge in [0.25, 0.3) is 0 Å². The van der Waals surface area contributed by atoms with Crippen molar-refractivity contribution >= 4 is 0 Å². The highest BCUT2D eigenvalue weighted by molar-refractivity contribution is 5.45. The number of hydrogen-bond donors (Lipinski definition) is 2. The fraction of sp³-hybridized carbons (Fsp3) is 0.250. The molecule has 0 bridgehead atoms. The van der Waals surface area contributed by atoms with Crippen molar-refractivity contribution < 1.29 is 5.11 Å². The normalized spacial score (nSPS) is 22.5. The zero-order valence-corrected chi connectivity index (χ0v) is 10.2. The van der Waals surface area contributed by atoms with Crippen LogP contribution in [0.4, 0.5) is 0 Å². The summed E-state index contributed by atoms with van der Waals surface area (Å²) in [4.78, 5) is 0. The highest BCUT2D eigenvalue weighted by atomic mass is 16.3. The lowest BCUT2D eigenvalue weighted by atomic mass is 9.76. The highest BCUT2D eigenvalue weighted by Crippen LogP contribution is 2.37. The van der Waals surface area contributed by atoms with Crippen LogP contribution in [0, 0.1) is 0 Å². The molecule has 2 heteroatoms. The van der Waals surface area contributed by atoms with E-state index in [-0.39, 0.29) is 12.0 Å². The summed E-state index contributed by atoms with van der Waals surface area (Å²) in [6.07, 6.45) is 2.00. The lowest BCUT2D eigenvalue weighted by Crippen LogP contribution is -2.33. The van der Waals surface area contributed by atoms with Gasteiger partial charge < -0.3 is 10.8 Å². The molecule has 0 spiro atoms. The maximum atomic E-state index is 9.70. The van der Waals surface area contributed by atoms with Crippen LogP contribution in [0.25, 0.3) is 0 Å². The Bertz CT molecular complexity index is 550. The SMILES string of the molecule is N[C@@H]1CCc2ccc(O)cc2[C@H]1c1ccccc1. The molecule has 92 valence electrons. The second-order valence-electron chi connectivity index (χ2n) is 4.97. The molecule has 0 heterocycles. The van der Waals surface area contributed by atoms with Gasteiger partial charge in [-0.15, -0.1) is 0 Å². The molecule has 0 unspecified atom stereocenters. The number of nitrogens with two attached hydrogens (primary N) is 1. The zero-order chi connectivity index (χ0) is 12.5. The first-order valence-electron chi connectivity index (χ1n) is 6.38. The Morgan fingerprint density at radius 3 is 2.61 bits per heavy atom. The molecular weight excluding hydrogens is 222 g/mol. The van der Waals surface area contributed by atoms with Gasteiger partial charge in [-0.25, -0.2) is 0 Å². The third kappa shape index (κ3) is 1.89. The Balaban J connectivity index is 2.12. The molecule has 0 saturated carbocycles. The molecule has 0 fully saturated rings. The largest absolute Gasteiger partial charge is 0.508 e. The summed E-state index contributed by atoms with van der Waals surface area (Å²) >= 11 is 0. The van der Waals surface area contributed by atoms with E-state index in [1.165, 1.54) is 16.7 Å². The number of hydrogen-bond acceptors (Lipinski definition) is 2. The average Bonchev–Trinajstić information content (AvgIpc) is 2.39. The second-order valence-corrected chi connectivity index (χ2v) is 4.97. The number of benzene rings is 2. The van der Waals surface area contributed by atoms with Crippen molar-refractivity contribution in [2.45, 2.75) is 24.8 Å². The van der Waals surface area contributed by atoms with Crippen molar-refractivity contribution in [1.29, 1.82) is 0 Å². The predicted molar refractivity (Wildman–Crippen MR) is 72.7 cm³/mol. The van der Waals surface area contributed by atoms with Crippen molar-refractivity contribution in [3.05, 3.63) is 65.2 Å². The first kappa shape index (κ1) is 11.3. The van der Waals surface area contributed by atoms with Gasteiger partial charge in [0.2, 0.25) is 0 Å². The second kappa shape index (κ2) is 4.46. The Morgan fingerprint density at radius 2 is 1.83 bits per heavy atom. The highest BCUT2D eigenvalue weighted by Gasteiger charge is 2.28. The fourth-order valence-corrected chi connectivity index (χ4v) is 2.91. The Labute approximate surface area is 107 Å². The first-order chi connectivity index (χ1) is 8.75. The third-order valence-electron chi connectivity index (χ3n) is 3.80. The Morgan fingerprint density at radius 1 is 1.06 bits per heavy atom. The topological polar surface area (TPSA) is 46.2 Å². The summed E-state index contributed by atoms with van der Waals surface area (Å²) in [5.41, 5.74) is 10.0. The van der Waals surface area contributed by atoms with E-state index >= 15 is 0 Å². The van der Waals surface area contributed by atoms with Crippen LogP contribution in [0.5, 0.6) is 5.75 Å². The van der Waals surface area contributed by atoms with E-state index in [0.717, 1.165) is 12.8 Å². The maximum Gasteiger partial charge on any atom is 0.115 e. The molecule has 1 aliphatic carbocycles. The van der Waals surface area contributed by atoms with Crippen molar-refractivity contribution in [3.63, 3.8) is 0 Å². The predicted octanol–water partition coefficient (Wildman–Crippen LogP) is 2.80. The number of aromatic hydroxyl groups is 1. The number of rotatable bonds is 1. The number of aryl methyl sites for hydroxylation is 1. The molecule has 0 aromatic heterocycles. The van der Waals surface area contributed by atoms with Crippen molar-refractivity contribution in [2.24, 2.45) is 5.73 Å². The van der Waals surface area contributed by atoms with E-state index in [0.29, 0.717) is 5.75 Å². The molecule has 18 heavy (non-hydrogen) atoms. The van der Waals surface area contributed by atoms with E-state index in [9.17, 15) is 5.11 Å². The molecule has 0 saturated heterocycles. The van der Waals surface area contributed by atoms with E-state index < -0.39 is 0 Å². The fourth-order valence-electron chi connectivity index (χ4n) is 2.91. The van der Waals surface area contributed by atoms with Gasteiger partial charge in [0, 0.05) is 12.0 Å². The van der Waals surface area contributed by atoms with E-state index in [4.69, 9.17) is 5.73 Å². The van der Waals surface area contributed by atoms with Crippen LogP contribution in [-0.4, -0.2) is 11.1 Å². The lowest BCUT2D eigenvalue weighted by molar-refractivity contribution is 0.467. The quantitative estimate of drug-likeness (QED) is 0.803. The van der Waals surface area contributed by atoms with Crippen LogP contribution in [0.1, 0.15) is 29.0 Å². The summed E-state index contributed by atoms with van der Waals surface area (Å²) in [6, 6.07) is 16.1. The molecule has 2 nitrogen and oxygen atoms in total. The summed E-state index contributed by atoms with van der Waals surface area (Å²) < 4.78 is 0. The molecule has 0 amide bonds. The van der Waals surface area contributed by atoms with Gasteiger partial charge in [0.15, 0.2) is 0 Å². The van der Waals surface area contributed by atoms with E-state index in [2.05, 4.69) is 12.1 Å². The minimum absolute atomic E-state index is 0.127. The van der Waals surface area contributed by atoms with Gasteiger partial charge in [-0.05, 0) is 41.7 Å². The van der Waals surface area contributed by atoms with Gasteiger partial charge >= 0.3 is 0 Å². The molecule has 2 aromatic rings. The lowest BCUT2D eigenvalue weighted by Gasteiger charge is -2.31. The monoisotopic (exact) mass is 239 g/mol. The van der Waals surface area contributed by atoms with Crippen LogP contribution in [-0.2, 0) is 6.42 Å². The molecular formula is C16H17NO. The molecule has 2 atom stereocenters. The average molecular weight is 239 g/mol. The molecule has 3 rings (SSSR count). The van der Waals surface area contributed by atoms with E-state index in [1.807, 2.05) is 30.3 Å². The maximum absolute atomic E-state index is 9.70. The van der Waals surface area contributed by atoms with Gasteiger partial charge in [0.05, 0.1) is 0 Å². The number of phenols is 1. The van der Waals surface area contributed by atoms with Gasteiger partial charge in [-0.1, -0.05) is 36.4 Å². The number of phenolic OH excluding ortho intramolecular Hbond substituents is 1. The molecule has 0 aliphatic heterocycles. The van der Waals surface area contributed by atoms with Crippen LogP contribution >= 0.6 is 0 Å². The minimum Gasteiger partial charge on any atom is -0.508 e. The molecule has 2 aromatic carbocycles. The van der Waals surface area contributed by atoms with Crippen molar-refractivity contribution in [3.8, 4) is 5.75 Å². The summed E-state index contributed by atoms with van der Waals surface area (Å²) in [7, 11) is 0. The summed E-state index contributed by atoms with van der Waals surface area (Å²) in [6.45, 7) is 0. The Kier molecular flexibility index (Phi) is 2.80. The van der Waals surface area contributed by atoms with Crippen LogP contribution in [0.3, 0.4) is 0 Å². The Hall–Kier alpha value is -1.80. The van der Waals surface area contributed by atoms with Crippen molar-refractivity contribution in [2.75, 3.05) is 0 Å². The molecule has 0 radical (unpaired) electrons. The van der Waals surface area contributed by atoms with Crippen LogP contribution in [0.15, 0.2) is 48.5 Å².